The number of benzene rings is 1. The van der Waals surface area contributed by atoms with E-state index in [1.165, 1.54) is 0 Å². The van der Waals surface area contributed by atoms with Crippen molar-refractivity contribution in [1.82, 2.24) is 10.3 Å². The summed E-state index contributed by atoms with van der Waals surface area (Å²) >= 11 is 0. The van der Waals surface area contributed by atoms with E-state index < -0.39 is 14.7 Å². The van der Waals surface area contributed by atoms with Gasteiger partial charge >= 0.3 is 12.1 Å². The summed E-state index contributed by atoms with van der Waals surface area (Å²) in [5, 5.41) is 2.85. The number of anilines is 1. The van der Waals surface area contributed by atoms with E-state index in [4.69, 9.17) is 25.1 Å². The molecule has 1 aromatic heterocycles. The van der Waals surface area contributed by atoms with Crippen LogP contribution in [0.4, 0.5) is 10.6 Å². The highest BCUT2D eigenvalue weighted by Gasteiger charge is 2.35. The lowest BCUT2D eigenvalue weighted by Gasteiger charge is -2.35. The van der Waals surface area contributed by atoms with E-state index in [9.17, 15) is 22.8 Å². The zero-order valence-corrected chi connectivity index (χ0v) is 28.4. The van der Waals surface area contributed by atoms with Gasteiger partial charge in [0.05, 0.1) is 17.9 Å². The predicted molar refractivity (Wildman–Crippen MR) is 172 cm³/mol. The number of carbonyl (C=O) groups is 3. The summed E-state index contributed by atoms with van der Waals surface area (Å²) in [6.45, 7) is 10.00. The van der Waals surface area contributed by atoms with Crippen LogP contribution in [-0.2, 0) is 47.4 Å². The molecule has 0 saturated heterocycles. The van der Waals surface area contributed by atoms with Gasteiger partial charge in [0, 0.05) is 35.4 Å². The molecule has 1 fully saturated rings. The SMILES string of the molecule is Cc1cc(CCCOC(=O)CCNC(=O)[C@H]2C[C@@H](Cc3ccc4c(n3)N(C(=O)OC(C)(C)C)CCC4)C2)cc(C)c1S(=O)(=O)Cl. The fourth-order valence-corrected chi connectivity index (χ4v) is 7.65. The Kier molecular flexibility index (Phi) is 11.2. The van der Waals surface area contributed by atoms with Crippen LogP contribution in [0.15, 0.2) is 29.2 Å². The van der Waals surface area contributed by atoms with Crippen LogP contribution in [-0.4, -0.2) is 56.7 Å². The largest absolute Gasteiger partial charge is 0.466 e. The van der Waals surface area contributed by atoms with Crippen LogP contribution in [0, 0.1) is 25.7 Å². The Bertz CT molecular complexity index is 1510. The van der Waals surface area contributed by atoms with Crippen molar-refractivity contribution < 1.29 is 32.3 Å². The van der Waals surface area contributed by atoms with Crippen molar-refractivity contribution >= 4 is 43.5 Å². The molecule has 1 saturated carbocycles. The second-order valence-corrected chi connectivity index (χ2v) is 15.6. The summed E-state index contributed by atoms with van der Waals surface area (Å²) in [6.07, 6.45) is 4.91. The number of pyridine rings is 1. The van der Waals surface area contributed by atoms with Crippen molar-refractivity contribution in [2.24, 2.45) is 11.8 Å². The van der Waals surface area contributed by atoms with Gasteiger partial charge in [-0.25, -0.2) is 18.2 Å². The molecule has 12 heteroatoms. The van der Waals surface area contributed by atoms with Crippen molar-refractivity contribution in [3.8, 4) is 0 Å². The minimum Gasteiger partial charge on any atom is -0.466 e. The standard InChI is InChI=1S/C33H44ClN3O7S/c1-21-16-23(17-22(2)29(21)45(34,41)42)8-7-15-43-28(38)12-13-35-31(39)26-18-24(19-26)20-27-11-10-25-9-6-14-37(30(25)36-27)32(40)44-33(3,4)5/h10-11,16-17,24,26H,6-9,12-15,18-20H2,1-5H3,(H,35,39)/t24-,26+. The monoisotopic (exact) mass is 661 g/mol. The second kappa shape index (κ2) is 14.5. The summed E-state index contributed by atoms with van der Waals surface area (Å²) in [4.78, 5) is 44.1. The molecule has 1 aliphatic heterocycles. The minimum atomic E-state index is -3.81. The number of fused-ring (bicyclic) bond motifs is 1. The van der Waals surface area contributed by atoms with Gasteiger partial charge < -0.3 is 14.8 Å². The van der Waals surface area contributed by atoms with Gasteiger partial charge in [-0.05, 0) is 114 Å². The predicted octanol–water partition coefficient (Wildman–Crippen LogP) is 5.56. The number of ether oxygens (including phenoxy) is 2. The molecule has 1 N–H and O–H groups in total. The number of rotatable bonds is 11. The Labute approximate surface area is 270 Å². The maximum Gasteiger partial charge on any atom is 0.416 e. The van der Waals surface area contributed by atoms with Gasteiger partial charge in [0.2, 0.25) is 5.91 Å². The number of nitrogens with zero attached hydrogens (tertiary/aromatic N) is 2. The first kappa shape index (κ1) is 34.7. The number of amides is 2. The van der Waals surface area contributed by atoms with Crippen LogP contribution in [0.1, 0.15) is 80.8 Å². The number of carbonyl (C=O) groups excluding carboxylic acids is 3. The number of aromatic nitrogens is 1. The van der Waals surface area contributed by atoms with E-state index in [1.807, 2.05) is 32.9 Å². The fourth-order valence-electron chi connectivity index (χ4n) is 6.03. The number of esters is 1. The number of nitrogens with one attached hydrogen (secondary N) is 1. The smallest absolute Gasteiger partial charge is 0.416 e. The minimum absolute atomic E-state index is 0.0540. The molecule has 10 nitrogen and oxygen atoms in total. The summed E-state index contributed by atoms with van der Waals surface area (Å²) < 4.78 is 34.4. The van der Waals surface area contributed by atoms with Crippen LogP contribution in [0.2, 0.25) is 0 Å². The molecule has 246 valence electrons. The quantitative estimate of drug-likeness (QED) is 0.188. The molecule has 0 bridgehead atoms. The Hall–Kier alpha value is -3.18. The topological polar surface area (TPSA) is 132 Å². The lowest BCUT2D eigenvalue weighted by atomic mass is 9.72. The number of hydrogen-bond acceptors (Lipinski definition) is 8. The summed E-state index contributed by atoms with van der Waals surface area (Å²) in [5.41, 5.74) is 3.49. The molecule has 1 aromatic carbocycles. The van der Waals surface area contributed by atoms with Crippen molar-refractivity contribution in [3.05, 3.63) is 52.2 Å². The Morgan fingerprint density at radius 3 is 2.44 bits per heavy atom. The maximum absolute atomic E-state index is 12.8. The molecule has 2 amide bonds. The Balaban J connectivity index is 1.14. The van der Waals surface area contributed by atoms with E-state index in [1.54, 1.807) is 30.9 Å². The van der Waals surface area contributed by atoms with Crippen molar-refractivity contribution in [2.75, 3.05) is 24.6 Å². The highest BCUT2D eigenvalue weighted by Crippen LogP contribution is 2.37. The number of hydrogen-bond donors (Lipinski definition) is 1. The Morgan fingerprint density at radius 1 is 1.11 bits per heavy atom. The van der Waals surface area contributed by atoms with Gasteiger partial charge in [-0.1, -0.05) is 18.2 Å². The van der Waals surface area contributed by atoms with Gasteiger partial charge in [-0.3, -0.25) is 14.5 Å². The van der Waals surface area contributed by atoms with E-state index in [0.29, 0.717) is 42.2 Å². The van der Waals surface area contributed by atoms with Gasteiger partial charge in [0.25, 0.3) is 9.05 Å². The van der Waals surface area contributed by atoms with E-state index in [-0.39, 0.29) is 48.4 Å². The molecule has 2 heterocycles. The zero-order valence-electron chi connectivity index (χ0n) is 26.8. The first-order chi connectivity index (χ1) is 21.1. The van der Waals surface area contributed by atoms with Gasteiger partial charge in [0.15, 0.2) is 0 Å². The Morgan fingerprint density at radius 2 is 1.80 bits per heavy atom. The number of halogens is 1. The van der Waals surface area contributed by atoms with Gasteiger partial charge in [-0.15, -0.1) is 0 Å². The molecule has 45 heavy (non-hydrogen) atoms. The van der Waals surface area contributed by atoms with Gasteiger partial charge in [-0.2, -0.15) is 0 Å². The van der Waals surface area contributed by atoms with Crippen LogP contribution in [0.3, 0.4) is 0 Å². The summed E-state index contributed by atoms with van der Waals surface area (Å²) in [7, 11) is 1.72. The highest BCUT2D eigenvalue weighted by molar-refractivity contribution is 8.13. The van der Waals surface area contributed by atoms with Crippen LogP contribution in [0.25, 0.3) is 0 Å². The molecule has 0 unspecified atom stereocenters. The highest BCUT2D eigenvalue weighted by atomic mass is 35.7. The molecule has 0 spiro atoms. The average molecular weight is 662 g/mol. The van der Waals surface area contributed by atoms with E-state index in [2.05, 4.69) is 5.32 Å². The zero-order chi connectivity index (χ0) is 32.9. The van der Waals surface area contributed by atoms with Crippen LogP contribution in [0.5, 0.6) is 0 Å². The second-order valence-electron chi connectivity index (χ2n) is 13.1. The van der Waals surface area contributed by atoms with Crippen LogP contribution >= 0.6 is 10.7 Å². The third-order valence-corrected chi connectivity index (χ3v) is 9.67. The summed E-state index contributed by atoms with van der Waals surface area (Å²) in [6, 6.07) is 7.64. The molecule has 4 rings (SSSR count). The van der Waals surface area contributed by atoms with Crippen LogP contribution < -0.4 is 10.2 Å². The number of aryl methyl sites for hydroxylation is 4. The van der Waals surface area contributed by atoms with E-state index >= 15 is 0 Å². The maximum atomic E-state index is 12.8. The fraction of sp³-hybridized carbons (Fsp3) is 0.576. The third-order valence-electron chi connectivity index (χ3n) is 8.08. The van der Waals surface area contributed by atoms with E-state index in [0.717, 1.165) is 48.9 Å². The first-order valence-electron chi connectivity index (χ1n) is 15.6. The normalized spacial score (nSPS) is 18.0. The van der Waals surface area contributed by atoms with Crippen molar-refractivity contribution in [3.63, 3.8) is 0 Å². The van der Waals surface area contributed by atoms with Crippen molar-refractivity contribution in [2.45, 2.75) is 96.5 Å². The molecule has 2 aliphatic rings. The molecule has 0 radical (unpaired) electrons. The average Bonchev–Trinajstić information content (AvgIpc) is 2.90. The van der Waals surface area contributed by atoms with Gasteiger partial charge in [0.1, 0.15) is 11.4 Å². The lowest BCUT2D eigenvalue weighted by molar-refractivity contribution is -0.143. The lowest BCUT2D eigenvalue weighted by Crippen LogP contribution is -2.41. The molecule has 2 aromatic rings. The molecule has 1 aliphatic carbocycles. The molecular formula is C33H44ClN3O7S. The summed E-state index contributed by atoms with van der Waals surface area (Å²) in [5.74, 6) is 0.488. The van der Waals surface area contributed by atoms with Crippen molar-refractivity contribution in [1.29, 1.82) is 0 Å². The molecular weight excluding hydrogens is 618 g/mol. The third kappa shape index (κ3) is 9.66. The molecule has 0 atom stereocenters. The first-order valence-corrected chi connectivity index (χ1v) is 17.9.